The van der Waals surface area contributed by atoms with Crippen molar-refractivity contribution in [3.8, 4) is 0 Å². The molecule has 2 aliphatic heterocycles. The van der Waals surface area contributed by atoms with Gasteiger partial charge >= 0.3 is 0 Å². The molecule has 35 heavy (non-hydrogen) atoms. The van der Waals surface area contributed by atoms with Crippen molar-refractivity contribution < 1.29 is 14.1 Å². The molecule has 182 valence electrons. The number of hydrogen-bond donors (Lipinski definition) is 0. The van der Waals surface area contributed by atoms with Gasteiger partial charge in [0.05, 0.1) is 11.2 Å². The SMILES string of the molecule is O=C(c1ccco1)N1CCN(c2ccc([N+](=O)[O-])c(N3CCN(Cc4ccccc4)CC3)c2)CC1. The second-order valence-corrected chi connectivity index (χ2v) is 8.94. The summed E-state index contributed by atoms with van der Waals surface area (Å²) in [6.45, 7) is 6.54. The van der Waals surface area contributed by atoms with Crippen LogP contribution in [-0.2, 0) is 6.54 Å². The number of nitro groups is 1. The highest BCUT2D eigenvalue weighted by Gasteiger charge is 2.27. The highest BCUT2D eigenvalue weighted by molar-refractivity contribution is 5.91. The molecule has 0 spiro atoms. The maximum Gasteiger partial charge on any atom is 0.292 e. The van der Waals surface area contributed by atoms with Crippen molar-refractivity contribution in [3.63, 3.8) is 0 Å². The van der Waals surface area contributed by atoms with E-state index in [9.17, 15) is 14.9 Å². The van der Waals surface area contributed by atoms with E-state index in [4.69, 9.17) is 4.42 Å². The van der Waals surface area contributed by atoms with Gasteiger partial charge < -0.3 is 19.1 Å². The summed E-state index contributed by atoms with van der Waals surface area (Å²) in [6, 6.07) is 19.1. The molecule has 3 heterocycles. The molecule has 2 fully saturated rings. The second kappa shape index (κ2) is 10.2. The Kier molecular flexibility index (Phi) is 6.67. The minimum absolute atomic E-state index is 0.104. The zero-order valence-corrected chi connectivity index (χ0v) is 19.6. The fraction of sp³-hybridized carbons (Fsp3) is 0.346. The fourth-order valence-electron chi connectivity index (χ4n) is 4.83. The van der Waals surface area contributed by atoms with Crippen molar-refractivity contribution in [3.05, 3.63) is 88.4 Å². The van der Waals surface area contributed by atoms with Crippen molar-refractivity contribution >= 4 is 23.0 Å². The van der Waals surface area contributed by atoms with Crippen molar-refractivity contribution in [2.24, 2.45) is 0 Å². The fourth-order valence-corrected chi connectivity index (χ4v) is 4.83. The lowest BCUT2D eigenvalue weighted by Crippen LogP contribution is -2.49. The number of amides is 1. The average molecular weight is 476 g/mol. The van der Waals surface area contributed by atoms with Gasteiger partial charge in [-0.05, 0) is 29.8 Å². The lowest BCUT2D eigenvalue weighted by Gasteiger charge is -2.38. The van der Waals surface area contributed by atoms with E-state index in [1.165, 1.54) is 11.8 Å². The first-order valence-electron chi connectivity index (χ1n) is 12.0. The minimum atomic E-state index is -0.296. The average Bonchev–Trinajstić information content (AvgIpc) is 3.44. The zero-order valence-electron chi connectivity index (χ0n) is 19.6. The predicted molar refractivity (Wildman–Crippen MR) is 134 cm³/mol. The molecule has 0 unspecified atom stereocenters. The lowest BCUT2D eigenvalue weighted by molar-refractivity contribution is -0.384. The van der Waals surface area contributed by atoms with Crippen molar-refractivity contribution in [2.75, 3.05) is 62.2 Å². The van der Waals surface area contributed by atoms with E-state index in [-0.39, 0.29) is 16.5 Å². The third-order valence-corrected chi connectivity index (χ3v) is 6.78. The molecule has 1 aromatic heterocycles. The lowest BCUT2D eigenvalue weighted by atomic mass is 10.1. The van der Waals surface area contributed by atoms with Crippen LogP contribution in [0.3, 0.4) is 0 Å². The van der Waals surface area contributed by atoms with Crippen LogP contribution >= 0.6 is 0 Å². The Labute approximate surface area is 204 Å². The predicted octanol–water partition coefficient (Wildman–Crippen LogP) is 3.47. The topological polar surface area (TPSA) is 86.3 Å². The Hall–Kier alpha value is -3.85. The number of furan rings is 1. The van der Waals surface area contributed by atoms with Crippen LogP contribution in [0.4, 0.5) is 17.1 Å². The molecule has 0 aliphatic carbocycles. The summed E-state index contributed by atoms with van der Waals surface area (Å²) in [7, 11) is 0. The highest BCUT2D eigenvalue weighted by atomic mass is 16.6. The molecule has 9 heteroatoms. The van der Waals surface area contributed by atoms with Crippen LogP contribution in [-0.4, -0.2) is 73.0 Å². The van der Waals surface area contributed by atoms with Crippen LogP contribution in [0, 0.1) is 10.1 Å². The normalized spacial score (nSPS) is 17.0. The Morgan fingerprint density at radius 3 is 2.23 bits per heavy atom. The van der Waals surface area contributed by atoms with E-state index in [2.05, 4.69) is 26.8 Å². The van der Waals surface area contributed by atoms with E-state index in [1.54, 1.807) is 23.1 Å². The summed E-state index contributed by atoms with van der Waals surface area (Å²) in [5, 5.41) is 11.8. The van der Waals surface area contributed by atoms with Crippen LogP contribution in [0.15, 0.2) is 71.3 Å². The van der Waals surface area contributed by atoms with E-state index < -0.39 is 0 Å². The Morgan fingerprint density at radius 2 is 1.57 bits per heavy atom. The van der Waals surface area contributed by atoms with Crippen LogP contribution in [0.25, 0.3) is 0 Å². The number of nitrogens with zero attached hydrogens (tertiary/aromatic N) is 5. The van der Waals surface area contributed by atoms with Crippen LogP contribution in [0.2, 0.25) is 0 Å². The summed E-state index contributed by atoms with van der Waals surface area (Å²) in [5.74, 6) is 0.245. The molecule has 0 saturated carbocycles. The summed E-state index contributed by atoms with van der Waals surface area (Å²) < 4.78 is 5.24. The second-order valence-electron chi connectivity index (χ2n) is 8.94. The van der Waals surface area contributed by atoms with Gasteiger partial charge in [-0.25, -0.2) is 0 Å². The van der Waals surface area contributed by atoms with Gasteiger partial charge in [0.15, 0.2) is 5.76 Å². The third kappa shape index (κ3) is 5.14. The van der Waals surface area contributed by atoms with Crippen LogP contribution in [0.1, 0.15) is 16.1 Å². The molecule has 2 aromatic carbocycles. The molecule has 2 aliphatic rings. The van der Waals surface area contributed by atoms with Gasteiger partial charge in [0.2, 0.25) is 0 Å². The molecule has 2 saturated heterocycles. The van der Waals surface area contributed by atoms with Gasteiger partial charge in [-0.1, -0.05) is 30.3 Å². The Bertz CT molecular complexity index is 1150. The summed E-state index contributed by atoms with van der Waals surface area (Å²) >= 11 is 0. The van der Waals surface area contributed by atoms with Crippen molar-refractivity contribution in [1.29, 1.82) is 0 Å². The van der Waals surface area contributed by atoms with E-state index >= 15 is 0 Å². The number of carbonyl (C=O) groups is 1. The maximum absolute atomic E-state index is 12.6. The molecule has 0 bridgehead atoms. The number of rotatable bonds is 6. The summed E-state index contributed by atoms with van der Waals surface area (Å²) in [6.07, 6.45) is 1.50. The third-order valence-electron chi connectivity index (χ3n) is 6.78. The zero-order chi connectivity index (χ0) is 24.2. The number of benzene rings is 2. The number of piperazine rings is 2. The minimum Gasteiger partial charge on any atom is -0.459 e. The first kappa shape index (κ1) is 22.9. The van der Waals surface area contributed by atoms with Crippen molar-refractivity contribution in [2.45, 2.75) is 6.54 Å². The number of carbonyl (C=O) groups excluding carboxylic acids is 1. The first-order valence-corrected chi connectivity index (χ1v) is 12.0. The largest absolute Gasteiger partial charge is 0.459 e. The van der Waals surface area contributed by atoms with E-state index in [1.807, 2.05) is 30.3 Å². The molecular formula is C26H29N5O4. The quantitative estimate of drug-likeness (QED) is 0.399. The molecular weight excluding hydrogens is 446 g/mol. The van der Waals surface area contributed by atoms with E-state index in [0.717, 1.165) is 38.4 Å². The number of hydrogen-bond acceptors (Lipinski definition) is 7. The smallest absolute Gasteiger partial charge is 0.292 e. The highest BCUT2D eigenvalue weighted by Crippen LogP contribution is 2.34. The van der Waals surface area contributed by atoms with Gasteiger partial charge in [0.25, 0.3) is 11.6 Å². The molecule has 0 radical (unpaired) electrons. The molecule has 1 amide bonds. The molecule has 0 N–H and O–H groups in total. The van der Waals surface area contributed by atoms with E-state index in [0.29, 0.717) is 37.6 Å². The Balaban J connectivity index is 1.25. The van der Waals surface area contributed by atoms with Gasteiger partial charge in [-0.2, -0.15) is 0 Å². The molecule has 5 rings (SSSR count). The standard InChI is InChI=1S/C26H29N5O4/c32-26(25-7-4-18-35-25)30-16-14-28(15-17-30)22-8-9-23(31(33)34)24(19-22)29-12-10-27(11-13-29)20-21-5-2-1-3-6-21/h1-9,18-19H,10-17,20H2. The monoisotopic (exact) mass is 475 g/mol. The van der Waals surface area contributed by atoms with Crippen molar-refractivity contribution in [1.82, 2.24) is 9.80 Å². The first-order chi connectivity index (χ1) is 17.1. The molecule has 9 nitrogen and oxygen atoms in total. The van der Waals surface area contributed by atoms with Gasteiger partial charge in [0.1, 0.15) is 5.69 Å². The van der Waals surface area contributed by atoms with Gasteiger partial charge in [-0.15, -0.1) is 0 Å². The number of anilines is 2. The summed E-state index contributed by atoms with van der Waals surface area (Å²) in [4.78, 5) is 32.5. The molecule has 3 aromatic rings. The number of nitro benzene ring substituents is 1. The Morgan fingerprint density at radius 1 is 0.857 bits per heavy atom. The van der Waals surface area contributed by atoms with Gasteiger partial charge in [-0.3, -0.25) is 19.8 Å². The maximum atomic E-state index is 12.6. The summed E-state index contributed by atoms with van der Waals surface area (Å²) in [5.41, 5.74) is 3.03. The van der Waals surface area contributed by atoms with Crippen LogP contribution < -0.4 is 9.80 Å². The molecule has 0 atom stereocenters. The van der Waals surface area contributed by atoms with Crippen LogP contribution in [0.5, 0.6) is 0 Å². The van der Waals surface area contributed by atoms with Gasteiger partial charge in [0, 0.05) is 70.7 Å².